The van der Waals surface area contributed by atoms with Gasteiger partial charge in [-0.3, -0.25) is 0 Å². The summed E-state index contributed by atoms with van der Waals surface area (Å²) in [5.74, 6) is 0.529. The highest BCUT2D eigenvalue weighted by atomic mass is 16.5. The normalized spacial score (nSPS) is 26.0. The number of hydrogen-bond donors (Lipinski definition) is 1. The first-order chi connectivity index (χ1) is 11.7. The Morgan fingerprint density at radius 3 is 2.79 bits per heavy atom. The lowest BCUT2D eigenvalue weighted by molar-refractivity contribution is 0.0603. The average molecular weight is 327 g/mol. The molecule has 0 radical (unpaired) electrons. The van der Waals surface area contributed by atoms with Gasteiger partial charge in [0.25, 0.3) is 0 Å². The number of rotatable bonds is 4. The number of carbonyl (C=O) groups is 1. The molecule has 3 aliphatic heterocycles. The van der Waals surface area contributed by atoms with Crippen LogP contribution in [-0.2, 0) is 18.3 Å². The van der Waals surface area contributed by atoms with Crippen LogP contribution in [0.4, 0.5) is 0 Å². The van der Waals surface area contributed by atoms with E-state index in [0.717, 1.165) is 29.9 Å². The standard InChI is InChI=1S/C19H25N3O2/c1-21-11-14(10-20-16-12-22-8-6-13(16)7-9-22)18-15(19(23)24-2)4-3-5-17(18)21/h3-5,11,13,16,20H,6-10,12H2,1-2H3. The molecule has 1 N–H and O–H groups in total. The Morgan fingerprint density at radius 1 is 1.33 bits per heavy atom. The number of carbonyl (C=O) groups excluding carboxylic acids is 1. The predicted molar refractivity (Wildman–Crippen MR) is 94.1 cm³/mol. The van der Waals surface area contributed by atoms with E-state index in [1.807, 2.05) is 19.2 Å². The molecule has 4 heterocycles. The van der Waals surface area contributed by atoms with Crippen LogP contribution >= 0.6 is 0 Å². The van der Waals surface area contributed by atoms with Gasteiger partial charge in [0.15, 0.2) is 0 Å². The lowest BCUT2D eigenvalue weighted by Gasteiger charge is -2.45. The summed E-state index contributed by atoms with van der Waals surface area (Å²) in [5.41, 5.74) is 2.90. The van der Waals surface area contributed by atoms with Crippen LogP contribution in [-0.4, -0.2) is 48.2 Å². The van der Waals surface area contributed by atoms with Gasteiger partial charge < -0.3 is 19.5 Å². The average Bonchev–Trinajstić information content (AvgIpc) is 2.96. The molecule has 5 heteroatoms. The van der Waals surface area contributed by atoms with Crippen molar-refractivity contribution in [3.8, 4) is 0 Å². The Hall–Kier alpha value is -1.85. The van der Waals surface area contributed by atoms with Gasteiger partial charge in [0.05, 0.1) is 12.7 Å². The number of hydrogen-bond acceptors (Lipinski definition) is 4. The highest BCUT2D eigenvalue weighted by Crippen LogP contribution is 2.29. The maximum atomic E-state index is 12.1. The fourth-order valence-corrected chi connectivity index (χ4v) is 4.39. The number of aryl methyl sites for hydroxylation is 1. The Morgan fingerprint density at radius 2 is 2.12 bits per heavy atom. The summed E-state index contributed by atoms with van der Waals surface area (Å²) in [6.45, 7) is 4.45. The van der Waals surface area contributed by atoms with Crippen LogP contribution in [0, 0.1) is 5.92 Å². The van der Waals surface area contributed by atoms with Gasteiger partial charge in [-0.2, -0.15) is 0 Å². The van der Waals surface area contributed by atoms with E-state index >= 15 is 0 Å². The largest absolute Gasteiger partial charge is 0.465 e. The van der Waals surface area contributed by atoms with Gasteiger partial charge in [0, 0.05) is 43.3 Å². The zero-order chi connectivity index (χ0) is 16.7. The summed E-state index contributed by atoms with van der Waals surface area (Å²) in [4.78, 5) is 14.7. The topological polar surface area (TPSA) is 46.5 Å². The van der Waals surface area contributed by atoms with Crippen LogP contribution in [0.25, 0.3) is 10.9 Å². The Bertz CT molecular complexity index is 759. The molecule has 0 aliphatic carbocycles. The van der Waals surface area contributed by atoms with Crippen LogP contribution in [0.5, 0.6) is 0 Å². The van der Waals surface area contributed by atoms with E-state index in [0.29, 0.717) is 11.6 Å². The number of piperidine rings is 3. The van der Waals surface area contributed by atoms with E-state index in [1.54, 1.807) is 0 Å². The summed E-state index contributed by atoms with van der Waals surface area (Å²) >= 11 is 0. The summed E-state index contributed by atoms with van der Waals surface area (Å²) in [7, 11) is 3.47. The first kappa shape index (κ1) is 15.7. The van der Waals surface area contributed by atoms with Gasteiger partial charge >= 0.3 is 5.97 Å². The highest BCUT2D eigenvalue weighted by Gasteiger charge is 2.33. The van der Waals surface area contributed by atoms with Crippen molar-refractivity contribution in [2.75, 3.05) is 26.7 Å². The third kappa shape index (κ3) is 2.62. The zero-order valence-corrected chi connectivity index (χ0v) is 14.4. The van der Waals surface area contributed by atoms with Crippen LogP contribution in [0.1, 0.15) is 28.8 Å². The molecule has 3 aliphatic rings. The second-order valence-corrected chi connectivity index (χ2v) is 7.08. The van der Waals surface area contributed by atoms with Crippen molar-refractivity contribution < 1.29 is 9.53 Å². The molecule has 0 saturated carbocycles. The van der Waals surface area contributed by atoms with E-state index in [1.165, 1.54) is 38.6 Å². The van der Waals surface area contributed by atoms with Crippen LogP contribution < -0.4 is 5.32 Å². The van der Waals surface area contributed by atoms with Gasteiger partial charge in [-0.25, -0.2) is 4.79 Å². The molecule has 1 aromatic carbocycles. The van der Waals surface area contributed by atoms with Gasteiger partial charge in [0.2, 0.25) is 0 Å². The number of esters is 1. The third-order valence-electron chi connectivity index (χ3n) is 5.71. The van der Waals surface area contributed by atoms with E-state index in [-0.39, 0.29) is 5.97 Å². The number of fused-ring (bicyclic) bond motifs is 4. The maximum absolute atomic E-state index is 12.1. The van der Waals surface area contributed by atoms with Gasteiger partial charge in [-0.15, -0.1) is 0 Å². The monoisotopic (exact) mass is 327 g/mol. The number of ether oxygens (including phenoxy) is 1. The SMILES string of the molecule is COC(=O)c1cccc2c1c(CNC1CN3CCC1CC3)cn2C. The Balaban J connectivity index is 1.61. The highest BCUT2D eigenvalue weighted by molar-refractivity contribution is 6.05. The van der Waals surface area contributed by atoms with E-state index in [4.69, 9.17) is 4.74 Å². The minimum Gasteiger partial charge on any atom is -0.465 e. The maximum Gasteiger partial charge on any atom is 0.338 e. The zero-order valence-electron chi connectivity index (χ0n) is 14.4. The van der Waals surface area contributed by atoms with Gasteiger partial charge in [-0.05, 0) is 49.5 Å². The predicted octanol–water partition coefficient (Wildman–Crippen LogP) is 2.15. The van der Waals surface area contributed by atoms with Crippen LogP contribution in [0.15, 0.2) is 24.4 Å². The molecule has 3 fully saturated rings. The smallest absolute Gasteiger partial charge is 0.338 e. The molecule has 1 unspecified atom stereocenters. The minimum absolute atomic E-state index is 0.268. The van der Waals surface area contributed by atoms with Gasteiger partial charge in [-0.1, -0.05) is 6.07 Å². The molecule has 128 valence electrons. The molecule has 2 aromatic rings. The summed E-state index contributed by atoms with van der Waals surface area (Å²) in [6, 6.07) is 6.39. The number of benzene rings is 1. The van der Waals surface area contributed by atoms with Crippen molar-refractivity contribution in [1.29, 1.82) is 0 Å². The van der Waals surface area contributed by atoms with Crippen molar-refractivity contribution in [2.45, 2.75) is 25.4 Å². The van der Waals surface area contributed by atoms with Crippen LogP contribution in [0.2, 0.25) is 0 Å². The first-order valence-electron chi connectivity index (χ1n) is 8.78. The van der Waals surface area contributed by atoms with Crippen molar-refractivity contribution in [3.05, 3.63) is 35.5 Å². The van der Waals surface area contributed by atoms with E-state index in [9.17, 15) is 4.79 Å². The van der Waals surface area contributed by atoms with Gasteiger partial charge in [0.1, 0.15) is 0 Å². The van der Waals surface area contributed by atoms with Crippen molar-refractivity contribution in [3.63, 3.8) is 0 Å². The molecule has 5 rings (SSSR count). The Kier molecular flexibility index (Phi) is 4.06. The molecule has 0 spiro atoms. The second-order valence-electron chi connectivity index (χ2n) is 7.08. The summed E-state index contributed by atoms with van der Waals surface area (Å²) in [6.07, 6.45) is 4.74. The molecule has 1 aromatic heterocycles. The summed E-state index contributed by atoms with van der Waals surface area (Å²) < 4.78 is 7.06. The fraction of sp³-hybridized carbons (Fsp3) is 0.526. The molecule has 5 nitrogen and oxygen atoms in total. The molecular formula is C19H25N3O2. The quantitative estimate of drug-likeness (QED) is 0.874. The molecule has 3 saturated heterocycles. The Labute approximate surface area is 142 Å². The van der Waals surface area contributed by atoms with E-state index < -0.39 is 0 Å². The molecular weight excluding hydrogens is 302 g/mol. The molecule has 2 bridgehead atoms. The number of nitrogens with one attached hydrogen (secondary N) is 1. The lowest BCUT2D eigenvalue weighted by atomic mass is 9.84. The molecule has 1 atom stereocenters. The van der Waals surface area contributed by atoms with Crippen molar-refractivity contribution >= 4 is 16.9 Å². The molecule has 24 heavy (non-hydrogen) atoms. The third-order valence-corrected chi connectivity index (χ3v) is 5.71. The van der Waals surface area contributed by atoms with Crippen molar-refractivity contribution in [2.24, 2.45) is 13.0 Å². The van der Waals surface area contributed by atoms with E-state index in [2.05, 4.69) is 27.0 Å². The lowest BCUT2D eigenvalue weighted by Crippen LogP contribution is -2.55. The van der Waals surface area contributed by atoms with Crippen molar-refractivity contribution in [1.82, 2.24) is 14.8 Å². The second kappa shape index (κ2) is 6.22. The van der Waals surface area contributed by atoms with Crippen LogP contribution in [0.3, 0.4) is 0 Å². The number of nitrogens with zero attached hydrogens (tertiary/aromatic N) is 2. The number of methoxy groups -OCH3 is 1. The minimum atomic E-state index is -0.268. The number of aromatic nitrogens is 1. The summed E-state index contributed by atoms with van der Waals surface area (Å²) in [5, 5.41) is 4.77. The molecule has 0 amide bonds. The first-order valence-corrected chi connectivity index (χ1v) is 8.78. The fourth-order valence-electron chi connectivity index (χ4n) is 4.39.